The lowest BCUT2D eigenvalue weighted by molar-refractivity contribution is -0.130. The molecule has 1 aliphatic heterocycles. The first-order chi connectivity index (χ1) is 10.2. The van der Waals surface area contributed by atoms with Gasteiger partial charge in [-0.1, -0.05) is 17.7 Å². The van der Waals surface area contributed by atoms with Gasteiger partial charge in [0.05, 0.1) is 6.26 Å². The Bertz CT molecular complexity index is 740. The van der Waals surface area contributed by atoms with Gasteiger partial charge in [-0.25, -0.2) is 9.79 Å². The van der Waals surface area contributed by atoms with Crippen LogP contribution in [-0.2, 0) is 9.53 Å². The molecule has 0 saturated carbocycles. The Morgan fingerprint density at radius 2 is 1.95 bits per heavy atom. The maximum atomic E-state index is 11.7. The molecule has 5 heteroatoms. The second-order valence-electron chi connectivity index (χ2n) is 4.24. The Hall–Kier alpha value is -2.59. The van der Waals surface area contributed by atoms with E-state index in [1.165, 1.54) is 0 Å². The monoisotopic (exact) mass is 299 g/mol. The van der Waals surface area contributed by atoms with Crippen molar-refractivity contribution in [3.8, 4) is 0 Å². The van der Waals surface area contributed by atoms with E-state index in [1.807, 2.05) is 6.07 Å². The number of aliphatic imine (C=N–C) groups is 1. The molecule has 0 fully saturated rings. The molecule has 21 heavy (non-hydrogen) atoms. The van der Waals surface area contributed by atoms with Crippen LogP contribution in [-0.4, -0.2) is 11.9 Å². The van der Waals surface area contributed by atoms with Crippen molar-refractivity contribution < 1.29 is 13.9 Å². The molecule has 1 aromatic heterocycles. The summed E-state index contributed by atoms with van der Waals surface area (Å²) in [5, 5.41) is 0.612. The number of benzene rings is 1. The molecule has 2 aromatic rings. The molecule has 0 N–H and O–H groups in total. The highest BCUT2D eigenvalue weighted by Crippen LogP contribution is 2.18. The van der Waals surface area contributed by atoms with Gasteiger partial charge in [-0.2, -0.15) is 0 Å². The average molecular weight is 300 g/mol. The molecule has 0 unspecified atom stereocenters. The van der Waals surface area contributed by atoms with Crippen molar-refractivity contribution in [3.05, 3.63) is 76.9 Å². The molecular weight excluding hydrogens is 290 g/mol. The minimum Gasteiger partial charge on any atom is -0.465 e. The molecule has 2 heterocycles. The number of ether oxygens (including phenoxy) is 1. The van der Waals surface area contributed by atoms with E-state index < -0.39 is 5.97 Å². The lowest BCUT2D eigenvalue weighted by atomic mass is 10.2. The average Bonchev–Trinajstić information content (AvgIpc) is 3.10. The van der Waals surface area contributed by atoms with Gasteiger partial charge < -0.3 is 9.15 Å². The van der Waals surface area contributed by atoms with Crippen molar-refractivity contribution in [2.75, 3.05) is 0 Å². The summed E-state index contributed by atoms with van der Waals surface area (Å²) in [5.74, 6) is 0.485. The number of esters is 1. The fraction of sp³-hybridized carbons (Fsp3) is 0. The Labute approximate surface area is 126 Å². The minimum absolute atomic E-state index is 0.239. The fourth-order valence-electron chi connectivity index (χ4n) is 1.76. The molecule has 0 amide bonds. The highest BCUT2D eigenvalue weighted by Gasteiger charge is 2.23. The van der Waals surface area contributed by atoms with Crippen LogP contribution in [0.1, 0.15) is 11.3 Å². The maximum absolute atomic E-state index is 11.7. The number of allylic oxidation sites excluding steroid dienone is 2. The van der Waals surface area contributed by atoms with Crippen molar-refractivity contribution in [2.24, 2.45) is 4.99 Å². The van der Waals surface area contributed by atoms with Crippen LogP contribution in [0.2, 0.25) is 5.02 Å². The zero-order valence-electron chi connectivity index (χ0n) is 10.8. The van der Waals surface area contributed by atoms with E-state index in [0.29, 0.717) is 16.3 Å². The molecular formula is C16H10ClNO3. The summed E-state index contributed by atoms with van der Waals surface area (Å²) in [7, 11) is 0. The lowest BCUT2D eigenvalue weighted by Crippen LogP contribution is -2.04. The Morgan fingerprint density at radius 1 is 1.14 bits per heavy atom. The topological polar surface area (TPSA) is 51.8 Å². The van der Waals surface area contributed by atoms with Crippen molar-refractivity contribution in [1.29, 1.82) is 0 Å². The van der Waals surface area contributed by atoms with Crippen molar-refractivity contribution >= 4 is 29.5 Å². The Morgan fingerprint density at radius 3 is 2.67 bits per heavy atom. The summed E-state index contributed by atoms with van der Waals surface area (Å²) in [6.45, 7) is 0. The molecule has 1 aliphatic rings. The summed E-state index contributed by atoms with van der Waals surface area (Å²) in [4.78, 5) is 15.9. The van der Waals surface area contributed by atoms with E-state index in [9.17, 15) is 4.79 Å². The van der Waals surface area contributed by atoms with Gasteiger partial charge in [0.25, 0.3) is 0 Å². The second kappa shape index (κ2) is 5.81. The molecule has 0 bridgehead atoms. The van der Waals surface area contributed by atoms with Crippen molar-refractivity contribution in [1.82, 2.24) is 0 Å². The third-order valence-electron chi connectivity index (χ3n) is 2.77. The SMILES string of the molecule is O=C1OC(c2ccc(Cl)cc2)=N/C1=C\C=C\c1ccco1. The van der Waals surface area contributed by atoms with E-state index in [1.54, 1.807) is 54.8 Å². The third kappa shape index (κ3) is 3.12. The third-order valence-corrected chi connectivity index (χ3v) is 3.02. The van der Waals surface area contributed by atoms with E-state index in [4.69, 9.17) is 20.8 Å². The number of carbonyl (C=O) groups is 1. The normalized spacial score (nSPS) is 16.5. The van der Waals surface area contributed by atoms with Gasteiger partial charge in [-0.15, -0.1) is 0 Å². The summed E-state index contributed by atoms with van der Waals surface area (Å²) >= 11 is 5.82. The lowest BCUT2D eigenvalue weighted by Gasteiger charge is -1.98. The van der Waals surface area contributed by atoms with E-state index in [2.05, 4.69) is 4.99 Å². The van der Waals surface area contributed by atoms with Gasteiger partial charge in [0.1, 0.15) is 5.76 Å². The number of halogens is 1. The minimum atomic E-state index is -0.482. The maximum Gasteiger partial charge on any atom is 0.363 e. The molecule has 4 nitrogen and oxygen atoms in total. The van der Waals surface area contributed by atoms with Gasteiger partial charge in [-0.05, 0) is 48.6 Å². The first-order valence-corrected chi connectivity index (χ1v) is 6.59. The van der Waals surface area contributed by atoms with Crippen LogP contribution in [0.25, 0.3) is 6.08 Å². The summed E-state index contributed by atoms with van der Waals surface area (Å²) in [5.41, 5.74) is 0.939. The van der Waals surface area contributed by atoms with Crippen molar-refractivity contribution in [2.45, 2.75) is 0 Å². The van der Waals surface area contributed by atoms with Crippen LogP contribution in [0, 0.1) is 0 Å². The van der Waals surface area contributed by atoms with Crippen LogP contribution in [0.4, 0.5) is 0 Å². The second-order valence-corrected chi connectivity index (χ2v) is 4.68. The first-order valence-electron chi connectivity index (χ1n) is 6.21. The van der Waals surface area contributed by atoms with Gasteiger partial charge in [0.15, 0.2) is 5.70 Å². The van der Waals surface area contributed by atoms with Crippen LogP contribution >= 0.6 is 11.6 Å². The predicted molar refractivity (Wildman–Crippen MR) is 79.9 cm³/mol. The zero-order chi connectivity index (χ0) is 14.7. The molecule has 3 rings (SSSR count). The molecule has 0 spiro atoms. The molecule has 0 atom stereocenters. The smallest absolute Gasteiger partial charge is 0.363 e. The van der Waals surface area contributed by atoms with Crippen LogP contribution in [0.15, 0.2) is 69.9 Å². The predicted octanol–water partition coefficient (Wildman–Crippen LogP) is 3.83. The molecule has 104 valence electrons. The van der Waals surface area contributed by atoms with Crippen LogP contribution < -0.4 is 0 Å². The van der Waals surface area contributed by atoms with E-state index in [-0.39, 0.29) is 11.6 Å². The largest absolute Gasteiger partial charge is 0.465 e. The van der Waals surface area contributed by atoms with E-state index in [0.717, 1.165) is 0 Å². The summed E-state index contributed by atoms with van der Waals surface area (Å²) in [6, 6.07) is 10.5. The Balaban J connectivity index is 1.80. The number of furan rings is 1. The number of hydrogen-bond acceptors (Lipinski definition) is 4. The number of cyclic esters (lactones) is 1. The number of rotatable bonds is 3. The zero-order valence-corrected chi connectivity index (χ0v) is 11.6. The fourth-order valence-corrected chi connectivity index (χ4v) is 1.89. The highest BCUT2D eigenvalue weighted by atomic mass is 35.5. The molecule has 0 saturated heterocycles. The van der Waals surface area contributed by atoms with Gasteiger partial charge in [0, 0.05) is 10.6 Å². The first kappa shape index (κ1) is 13.4. The van der Waals surface area contributed by atoms with Gasteiger partial charge >= 0.3 is 5.97 Å². The van der Waals surface area contributed by atoms with Crippen LogP contribution in [0.5, 0.6) is 0 Å². The summed E-state index contributed by atoms with van der Waals surface area (Å²) in [6.07, 6.45) is 6.57. The number of nitrogens with zero attached hydrogens (tertiary/aromatic N) is 1. The molecule has 0 radical (unpaired) electrons. The standard InChI is InChI=1S/C16H10ClNO3/c17-12-8-6-11(7-9-12)15-18-14(16(19)21-15)5-1-3-13-4-2-10-20-13/h1-10H/b3-1+,14-5-. The van der Waals surface area contributed by atoms with Gasteiger partial charge in [-0.3, -0.25) is 0 Å². The quantitative estimate of drug-likeness (QED) is 0.639. The van der Waals surface area contributed by atoms with Crippen LogP contribution in [0.3, 0.4) is 0 Å². The number of carbonyl (C=O) groups excluding carboxylic acids is 1. The van der Waals surface area contributed by atoms with Crippen molar-refractivity contribution in [3.63, 3.8) is 0 Å². The number of hydrogen-bond donors (Lipinski definition) is 0. The molecule has 1 aromatic carbocycles. The molecule has 0 aliphatic carbocycles. The Kier molecular flexibility index (Phi) is 3.71. The van der Waals surface area contributed by atoms with E-state index >= 15 is 0 Å². The highest BCUT2D eigenvalue weighted by molar-refractivity contribution is 6.30. The van der Waals surface area contributed by atoms with Gasteiger partial charge in [0.2, 0.25) is 5.90 Å². The summed E-state index contributed by atoms with van der Waals surface area (Å²) < 4.78 is 10.3.